The minimum atomic E-state index is -0.548. The zero-order valence-electron chi connectivity index (χ0n) is 13.5. The smallest absolute Gasteiger partial charge is 0.340 e. The van der Waals surface area contributed by atoms with Crippen LogP contribution in [-0.4, -0.2) is 28.0 Å². The van der Waals surface area contributed by atoms with Crippen LogP contribution in [0.4, 0.5) is 5.82 Å². The van der Waals surface area contributed by atoms with E-state index < -0.39 is 18.5 Å². The van der Waals surface area contributed by atoms with Crippen LogP contribution in [0.25, 0.3) is 0 Å². The van der Waals surface area contributed by atoms with Crippen LogP contribution < -0.4 is 5.32 Å². The third-order valence-corrected chi connectivity index (χ3v) is 4.00. The summed E-state index contributed by atoms with van der Waals surface area (Å²) in [5.74, 6) is -0.927. The number of hydrogen-bond acceptors (Lipinski definition) is 4. The van der Waals surface area contributed by atoms with E-state index in [9.17, 15) is 9.59 Å². The van der Waals surface area contributed by atoms with Crippen molar-refractivity contribution in [3.8, 4) is 0 Å². The maximum Gasteiger partial charge on any atom is 0.340 e. The molecular weight excluding hydrogens is 353 g/mol. The number of nitrogens with one attached hydrogen (secondary N) is 1. The number of amides is 1. The van der Waals surface area contributed by atoms with Gasteiger partial charge in [-0.1, -0.05) is 23.2 Å². The minimum absolute atomic E-state index is 0.159. The van der Waals surface area contributed by atoms with Gasteiger partial charge in [-0.3, -0.25) is 4.79 Å². The normalized spacial score (nSPS) is 10.5. The predicted octanol–water partition coefficient (Wildman–Crippen LogP) is 3.62. The third kappa shape index (κ3) is 4.07. The Morgan fingerprint density at radius 2 is 2.00 bits per heavy atom. The van der Waals surface area contributed by atoms with Gasteiger partial charge in [0.05, 0.1) is 15.6 Å². The SMILES string of the molecule is CCn1c(C)cc(C(=O)OCC(=O)Nc2ncc(Cl)cc2Cl)c1C. The summed E-state index contributed by atoms with van der Waals surface area (Å²) in [5.41, 5.74) is 2.22. The lowest BCUT2D eigenvalue weighted by Gasteiger charge is -2.08. The maximum atomic E-state index is 12.1. The van der Waals surface area contributed by atoms with Crippen molar-refractivity contribution in [2.24, 2.45) is 0 Å². The van der Waals surface area contributed by atoms with Gasteiger partial charge in [-0.25, -0.2) is 9.78 Å². The number of esters is 1. The highest BCUT2D eigenvalue weighted by Crippen LogP contribution is 2.22. The minimum Gasteiger partial charge on any atom is -0.452 e. The molecule has 0 fully saturated rings. The summed E-state index contributed by atoms with van der Waals surface area (Å²) in [6.45, 7) is 6.06. The van der Waals surface area contributed by atoms with Gasteiger partial charge >= 0.3 is 5.97 Å². The van der Waals surface area contributed by atoms with E-state index in [-0.39, 0.29) is 10.8 Å². The number of aromatic nitrogens is 2. The van der Waals surface area contributed by atoms with Gasteiger partial charge in [0.15, 0.2) is 12.4 Å². The van der Waals surface area contributed by atoms with Crippen molar-refractivity contribution < 1.29 is 14.3 Å². The van der Waals surface area contributed by atoms with Crippen molar-refractivity contribution in [1.82, 2.24) is 9.55 Å². The molecule has 2 aromatic rings. The number of nitrogens with zero attached hydrogens (tertiary/aromatic N) is 2. The van der Waals surface area contributed by atoms with Crippen molar-refractivity contribution in [3.05, 3.63) is 45.3 Å². The molecule has 0 saturated carbocycles. The summed E-state index contributed by atoms with van der Waals surface area (Å²) in [5, 5.41) is 3.02. The van der Waals surface area contributed by atoms with Crippen LogP contribution in [0, 0.1) is 13.8 Å². The zero-order valence-corrected chi connectivity index (χ0v) is 15.0. The number of carbonyl (C=O) groups is 2. The molecule has 0 aliphatic heterocycles. The Bertz CT molecular complexity index is 787. The molecule has 6 nitrogen and oxygen atoms in total. The fraction of sp³-hybridized carbons (Fsp3) is 0.312. The molecule has 0 bridgehead atoms. The first-order chi connectivity index (χ1) is 11.3. The first kappa shape index (κ1) is 18.3. The first-order valence-corrected chi connectivity index (χ1v) is 8.03. The quantitative estimate of drug-likeness (QED) is 0.816. The Balaban J connectivity index is 1.97. The molecule has 24 heavy (non-hydrogen) atoms. The van der Waals surface area contributed by atoms with Gasteiger partial charge < -0.3 is 14.6 Å². The van der Waals surface area contributed by atoms with E-state index in [1.807, 2.05) is 25.3 Å². The molecule has 0 spiro atoms. The Kier molecular flexibility index (Phi) is 5.85. The van der Waals surface area contributed by atoms with Crippen molar-refractivity contribution >= 4 is 40.9 Å². The lowest BCUT2D eigenvalue weighted by Crippen LogP contribution is -2.21. The van der Waals surface area contributed by atoms with Crippen LogP contribution in [0.1, 0.15) is 28.7 Å². The lowest BCUT2D eigenvalue weighted by molar-refractivity contribution is -0.119. The molecule has 0 unspecified atom stereocenters. The number of aryl methyl sites for hydroxylation is 1. The van der Waals surface area contributed by atoms with Crippen LogP contribution in [-0.2, 0) is 16.1 Å². The average Bonchev–Trinajstić information content (AvgIpc) is 2.82. The van der Waals surface area contributed by atoms with Gasteiger partial charge in [-0.05, 0) is 32.9 Å². The zero-order chi connectivity index (χ0) is 17.9. The van der Waals surface area contributed by atoms with Crippen LogP contribution >= 0.6 is 23.2 Å². The largest absolute Gasteiger partial charge is 0.452 e. The van der Waals surface area contributed by atoms with Crippen molar-refractivity contribution in [2.45, 2.75) is 27.3 Å². The van der Waals surface area contributed by atoms with E-state index in [1.54, 1.807) is 6.07 Å². The fourth-order valence-corrected chi connectivity index (χ4v) is 2.81. The average molecular weight is 370 g/mol. The molecule has 0 aliphatic carbocycles. The van der Waals surface area contributed by atoms with Gasteiger partial charge in [-0.15, -0.1) is 0 Å². The van der Waals surface area contributed by atoms with E-state index in [4.69, 9.17) is 27.9 Å². The molecule has 0 saturated heterocycles. The topological polar surface area (TPSA) is 73.2 Å². The monoisotopic (exact) mass is 369 g/mol. The standard InChI is InChI=1S/C16H17Cl2N3O3/c1-4-21-9(2)5-12(10(21)3)16(23)24-8-14(22)20-15-13(18)6-11(17)7-19-15/h5-7H,4,8H2,1-3H3,(H,19,20,22). The van der Waals surface area contributed by atoms with Crippen LogP contribution in [0.2, 0.25) is 10.0 Å². The highest BCUT2D eigenvalue weighted by Gasteiger charge is 2.18. The highest BCUT2D eigenvalue weighted by atomic mass is 35.5. The second-order valence-corrected chi connectivity index (χ2v) is 5.98. The summed E-state index contributed by atoms with van der Waals surface area (Å²) < 4.78 is 7.05. The van der Waals surface area contributed by atoms with Crippen molar-refractivity contribution in [2.75, 3.05) is 11.9 Å². The molecule has 0 aliphatic rings. The summed E-state index contributed by atoms with van der Waals surface area (Å²) in [4.78, 5) is 27.9. The molecular formula is C16H17Cl2N3O3. The molecule has 1 amide bonds. The second-order valence-electron chi connectivity index (χ2n) is 5.14. The lowest BCUT2D eigenvalue weighted by atomic mass is 10.2. The van der Waals surface area contributed by atoms with E-state index in [1.165, 1.54) is 12.3 Å². The van der Waals surface area contributed by atoms with Crippen LogP contribution in [0.15, 0.2) is 18.3 Å². The van der Waals surface area contributed by atoms with Gasteiger partial charge in [0, 0.05) is 24.1 Å². The summed E-state index contributed by atoms with van der Waals surface area (Å²) >= 11 is 11.7. The molecule has 0 atom stereocenters. The number of ether oxygens (including phenoxy) is 1. The molecule has 8 heteroatoms. The molecule has 0 aromatic carbocycles. The summed E-state index contributed by atoms with van der Waals surface area (Å²) in [6, 6.07) is 3.20. The third-order valence-electron chi connectivity index (χ3n) is 3.51. The molecule has 128 valence electrons. The van der Waals surface area contributed by atoms with Crippen LogP contribution in [0.3, 0.4) is 0 Å². The molecule has 1 N–H and O–H groups in total. The van der Waals surface area contributed by atoms with Gasteiger partial charge in [-0.2, -0.15) is 0 Å². The Hall–Kier alpha value is -2.05. The second kappa shape index (κ2) is 7.68. The van der Waals surface area contributed by atoms with Gasteiger partial charge in [0.25, 0.3) is 5.91 Å². The number of anilines is 1. The molecule has 2 aromatic heterocycles. The first-order valence-electron chi connectivity index (χ1n) is 7.28. The highest BCUT2D eigenvalue weighted by molar-refractivity contribution is 6.36. The van der Waals surface area contributed by atoms with Gasteiger partial charge in [0.1, 0.15) is 0 Å². The number of rotatable bonds is 5. The van der Waals surface area contributed by atoms with Crippen molar-refractivity contribution in [3.63, 3.8) is 0 Å². The molecule has 2 rings (SSSR count). The fourth-order valence-electron chi connectivity index (χ4n) is 2.38. The Morgan fingerprint density at radius 3 is 2.58 bits per heavy atom. The number of halogens is 2. The number of carbonyl (C=O) groups excluding carboxylic acids is 2. The van der Waals surface area contributed by atoms with E-state index in [2.05, 4.69) is 10.3 Å². The van der Waals surface area contributed by atoms with E-state index >= 15 is 0 Å². The van der Waals surface area contributed by atoms with Crippen LogP contribution in [0.5, 0.6) is 0 Å². The van der Waals surface area contributed by atoms with Gasteiger partial charge in [0.2, 0.25) is 0 Å². The Morgan fingerprint density at radius 1 is 1.29 bits per heavy atom. The number of pyridine rings is 1. The summed E-state index contributed by atoms with van der Waals surface area (Å²) in [6.07, 6.45) is 1.36. The Labute approximate surface area is 149 Å². The number of hydrogen-bond donors (Lipinski definition) is 1. The summed E-state index contributed by atoms with van der Waals surface area (Å²) in [7, 11) is 0. The maximum absolute atomic E-state index is 12.1. The van der Waals surface area contributed by atoms with E-state index in [0.717, 1.165) is 17.9 Å². The van der Waals surface area contributed by atoms with E-state index in [0.29, 0.717) is 10.6 Å². The predicted molar refractivity (Wildman–Crippen MR) is 92.7 cm³/mol. The molecule has 0 radical (unpaired) electrons. The molecule has 2 heterocycles. The van der Waals surface area contributed by atoms with Crippen molar-refractivity contribution in [1.29, 1.82) is 0 Å².